The molecule has 150 valence electrons. The first-order valence-electron chi connectivity index (χ1n) is 9.26. The third-order valence-electron chi connectivity index (χ3n) is 4.85. The number of amides is 2. The average molecular weight is 390 g/mol. The molecule has 0 bridgehead atoms. The van der Waals surface area contributed by atoms with E-state index in [1.54, 1.807) is 16.9 Å². The largest absolute Gasteiger partial charge is 0.338 e. The van der Waals surface area contributed by atoms with Crippen molar-refractivity contribution >= 4 is 17.6 Å². The highest BCUT2D eigenvalue weighted by atomic mass is 19.1. The van der Waals surface area contributed by atoms with Gasteiger partial charge in [-0.3, -0.25) is 9.59 Å². The van der Waals surface area contributed by atoms with Crippen LogP contribution in [0.5, 0.6) is 0 Å². The number of hydrogen-bond donors (Lipinski definition) is 1. The van der Waals surface area contributed by atoms with Gasteiger partial charge in [-0.05, 0) is 31.0 Å². The van der Waals surface area contributed by atoms with Crippen molar-refractivity contribution in [3.8, 4) is 0 Å². The number of aromatic nitrogens is 2. The number of rotatable bonds is 3. The van der Waals surface area contributed by atoms with Crippen LogP contribution in [0.1, 0.15) is 50.0 Å². The minimum absolute atomic E-state index is 0.00618. The topological polar surface area (TPSA) is 67.2 Å². The minimum Gasteiger partial charge on any atom is -0.338 e. The molecule has 0 unspecified atom stereocenters. The Bertz CT molecular complexity index is 881. The molecule has 0 radical (unpaired) electrons. The number of halogens is 2. The van der Waals surface area contributed by atoms with E-state index < -0.39 is 23.0 Å². The fraction of sp³-hybridized carbons (Fsp3) is 0.450. The molecule has 1 aromatic heterocycles. The highest BCUT2D eigenvalue weighted by molar-refractivity contribution is 5.95. The van der Waals surface area contributed by atoms with Crippen molar-refractivity contribution in [1.29, 1.82) is 0 Å². The summed E-state index contributed by atoms with van der Waals surface area (Å²) in [7, 11) is 0. The number of carbonyl (C=O) groups excluding carboxylic acids is 2. The van der Waals surface area contributed by atoms with Crippen molar-refractivity contribution in [2.24, 2.45) is 5.41 Å². The third kappa shape index (κ3) is 4.21. The van der Waals surface area contributed by atoms with E-state index in [0.717, 1.165) is 18.2 Å². The number of nitrogens with one attached hydrogen (secondary N) is 1. The second kappa shape index (κ2) is 7.69. The Morgan fingerprint density at radius 2 is 1.82 bits per heavy atom. The van der Waals surface area contributed by atoms with E-state index in [1.165, 1.54) is 4.90 Å². The van der Waals surface area contributed by atoms with Crippen molar-refractivity contribution in [3.63, 3.8) is 0 Å². The Kier molecular flexibility index (Phi) is 5.49. The van der Waals surface area contributed by atoms with Crippen LogP contribution >= 0.6 is 0 Å². The first kappa shape index (κ1) is 20.0. The molecule has 1 aromatic carbocycles. The van der Waals surface area contributed by atoms with Crippen LogP contribution in [0.3, 0.4) is 0 Å². The monoisotopic (exact) mass is 390 g/mol. The third-order valence-corrected chi connectivity index (χ3v) is 4.85. The summed E-state index contributed by atoms with van der Waals surface area (Å²) >= 11 is 0. The quantitative estimate of drug-likeness (QED) is 0.870. The van der Waals surface area contributed by atoms with Gasteiger partial charge in [0.05, 0.1) is 17.8 Å². The lowest BCUT2D eigenvalue weighted by atomic mass is 9.96. The number of anilines is 1. The summed E-state index contributed by atoms with van der Waals surface area (Å²) < 4.78 is 29.0. The molecule has 1 fully saturated rings. The van der Waals surface area contributed by atoms with Crippen molar-refractivity contribution in [3.05, 3.63) is 47.7 Å². The van der Waals surface area contributed by atoms with Gasteiger partial charge in [-0.15, -0.1) is 0 Å². The maximum absolute atomic E-state index is 13.9. The van der Waals surface area contributed by atoms with Gasteiger partial charge in [0.2, 0.25) is 5.91 Å². The normalized spacial score (nSPS) is 15.5. The van der Waals surface area contributed by atoms with Gasteiger partial charge >= 0.3 is 0 Å². The van der Waals surface area contributed by atoms with Gasteiger partial charge in [0.15, 0.2) is 0 Å². The molecule has 0 saturated carbocycles. The van der Waals surface area contributed by atoms with Gasteiger partial charge in [-0.2, -0.15) is 5.10 Å². The molecule has 1 aliphatic heterocycles. The van der Waals surface area contributed by atoms with Gasteiger partial charge in [0, 0.05) is 24.6 Å². The van der Waals surface area contributed by atoms with E-state index in [4.69, 9.17) is 0 Å². The SMILES string of the molecule is CC(C)(C)C(=O)Nc1ccnn1C1CCN(C(=O)c2cc(F)ccc2F)CC1. The molecule has 0 atom stereocenters. The van der Waals surface area contributed by atoms with E-state index in [-0.39, 0.29) is 17.5 Å². The summed E-state index contributed by atoms with van der Waals surface area (Å²) in [5.41, 5.74) is -0.782. The Morgan fingerprint density at radius 1 is 1.14 bits per heavy atom. The summed E-state index contributed by atoms with van der Waals surface area (Å²) in [5.74, 6) is -1.38. The van der Waals surface area contributed by atoms with Crippen LogP contribution in [0.25, 0.3) is 0 Å². The Balaban J connectivity index is 1.66. The fourth-order valence-electron chi connectivity index (χ4n) is 3.15. The number of hydrogen-bond acceptors (Lipinski definition) is 3. The Morgan fingerprint density at radius 3 is 2.46 bits per heavy atom. The van der Waals surface area contributed by atoms with Crippen molar-refractivity contribution in [1.82, 2.24) is 14.7 Å². The molecule has 0 aliphatic carbocycles. The lowest BCUT2D eigenvalue weighted by molar-refractivity contribution is -0.123. The predicted molar refractivity (Wildman–Crippen MR) is 101 cm³/mol. The highest BCUT2D eigenvalue weighted by Crippen LogP contribution is 2.27. The molecule has 2 heterocycles. The van der Waals surface area contributed by atoms with E-state index in [0.29, 0.717) is 31.7 Å². The van der Waals surface area contributed by atoms with E-state index in [2.05, 4.69) is 10.4 Å². The van der Waals surface area contributed by atoms with Gasteiger partial charge in [-0.25, -0.2) is 13.5 Å². The maximum atomic E-state index is 13.9. The zero-order valence-electron chi connectivity index (χ0n) is 16.2. The van der Waals surface area contributed by atoms with Crippen molar-refractivity contribution in [2.75, 3.05) is 18.4 Å². The first-order valence-corrected chi connectivity index (χ1v) is 9.26. The van der Waals surface area contributed by atoms with Crippen LogP contribution in [0.15, 0.2) is 30.5 Å². The van der Waals surface area contributed by atoms with Gasteiger partial charge in [0.25, 0.3) is 5.91 Å². The van der Waals surface area contributed by atoms with Crippen LogP contribution in [0, 0.1) is 17.0 Å². The Hall–Kier alpha value is -2.77. The molecular weight excluding hydrogens is 366 g/mol. The van der Waals surface area contributed by atoms with Crippen LogP contribution in [0.4, 0.5) is 14.6 Å². The molecule has 3 rings (SSSR count). The van der Waals surface area contributed by atoms with Crippen LogP contribution in [0.2, 0.25) is 0 Å². The maximum Gasteiger partial charge on any atom is 0.256 e. The molecule has 2 amide bonds. The summed E-state index contributed by atoms with van der Waals surface area (Å²) in [5, 5.41) is 7.21. The highest BCUT2D eigenvalue weighted by Gasteiger charge is 2.29. The molecule has 1 aliphatic rings. The molecule has 28 heavy (non-hydrogen) atoms. The number of carbonyl (C=O) groups is 2. The summed E-state index contributed by atoms with van der Waals surface area (Å²) in [6.45, 7) is 6.29. The summed E-state index contributed by atoms with van der Waals surface area (Å²) in [6.07, 6.45) is 2.82. The van der Waals surface area contributed by atoms with E-state index in [9.17, 15) is 18.4 Å². The second-order valence-corrected chi connectivity index (χ2v) is 8.01. The minimum atomic E-state index is -0.729. The molecule has 1 N–H and O–H groups in total. The van der Waals surface area contributed by atoms with E-state index >= 15 is 0 Å². The zero-order valence-corrected chi connectivity index (χ0v) is 16.2. The number of piperidine rings is 1. The van der Waals surface area contributed by atoms with Gasteiger partial charge in [-0.1, -0.05) is 20.8 Å². The van der Waals surface area contributed by atoms with Crippen LogP contribution in [-0.4, -0.2) is 39.6 Å². The molecule has 2 aromatic rings. The number of benzene rings is 1. The van der Waals surface area contributed by atoms with Gasteiger partial charge < -0.3 is 10.2 Å². The standard InChI is InChI=1S/C20H24F2N4O2/c1-20(2,3)19(28)24-17-6-9-23-26(17)14-7-10-25(11-8-14)18(27)15-12-13(21)4-5-16(15)22/h4-6,9,12,14H,7-8,10-11H2,1-3H3,(H,24,28). The molecular formula is C20H24F2N4O2. The lowest BCUT2D eigenvalue weighted by Crippen LogP contribution is -2.40. The Labute approximate surface area is 162 Å². The van der Waals surface area contributed by atoms with Crippen LogP contribution in [-0.2, 0) is 4.79 Å². The van der Waals surface area contributed by atoms with Crippen LogP contribution < -0.4 is 5.32 Å². The van der Waals surface area contributed by atoms with Crippen molar-refractivity contribution in [2.45, 2.75) is 39.7 Å². The van der Waals surface area contributed by atoms with Gasteiger partial charge in [0.1, 0.15) is 17.5 Å². The fourth-order valence-corrected chi connectivity index (χ4v) is 3.15. The smallest absolute Gasteiger partial charge is 0.256 e. The number of likely N-dealkylation sites (tertiary alicyclic amines) is 1. The number of nitrogens with zero attached hydrogens (tertiary/aromatic N) is 3. The van der Waals surface area contributed by atoms with E-state index in [1.807, 2.05) is 20.8 Å². The second-order valence-electron chi connectivity index (χ2n) is 8.01. The molecule has 8 heteroatoms. The summed E-state index contributed by atoms with van der Waals surface area (Å²) in [6, 6.07) is 4.62. The summed E-state index contributed by atoms with van der Waals surface area (Å²) in [4.78, 5) is 26.3. The molecule has 6 nitrogen and oxygen atoms in total. The zero-order chi connectivity index (χ0) is 20.5. The molecule has 0 spiro atoms. The molecule has 1 saturated heterocycles. The average Bonchev–Trinajstić information content (AvgIpc) is 3.10. The van der Waals surface area contributed by atoms with Crippen molar-refractivity contribution < 1.29 is 18.4 Å². The lowest BCUT2D eigenvalue weighted by Gasteiger charge is -2.33. The predicted octanol–water partition coefficient (Wildman–Crippen LogP) is 3.62. The first-order chi connectivity index (χ1) is 13.2.